The van der Waals surface area contributed by atoms with Crippen molar-refractivity contribution in [2.75, 3.05) is 0 Å². The monoisotopic (exact) mass is 211 g/mol. The molecule has 0 atom stereocenters. The minimum atomic E-state index is -0.569. The Labute approximate surface area is 78.9 Å². The Morgan fingerprint density at radius 1 is 1.45 bits per heavy atom. The Bertz CT molecular complexity index is 280. The Morgan fingerprint density at radius 3 is 2.64 bits per heavy atom. The molecule has 1 nitrogen and oxygen atoms in total. The number of hydrogen-bond donors (Lipinski definition) is 1. The van der Waals surface area contributed by atoms with Gasteiger partial charge in [0, 0.05) is 11.3 Å². The van der Waals surface area contributed by atoms with Gasteiger partial charge in [-0.15, -0.1) is 0 Å². The van der Waals surface area contributed by atoms with E-state index in [1.54, 1.807) is 0 Å². The van der Waals surface area contributed by atoms with Gasteiger partial charge in [0.2, 0.25) is 0 Å². The molecule has 0 fully saturated rings. The maximum atomic E-state index is 12.7. The van der Waals surface area contributed by atoms with E-state index in [9.17, 15) is 4.39 Å². The number of rotatable bonds is 1. The van der Waals surface area contributed by atoms with E-state index < -0.39 is 5.82 Å². The molecule has 1 aromatic rings. The molecule has 0 aliphatic carbocycles. The van der Waals surface area contributed by atoms with Crippen LogP contribution in [0.1, 0.15) is 5.56 Å². The van der Waals surface area contributed by atoms with Crippen LogP contribution >= 0.6 is 35.8 Å². The molecule has 60 valence electrons. The van der Waals surface area contributed by atoms with Crippen LogP contribution in [0.3, 0.4) is 0 Å². The van der Waals surface area contributed by atoms with E-state index in [1.165, 1.54) is 6.07 Å². The van der Waals surface area contributed by atoms with E-state index in [4.69, 9.17) is 23.2 Å². The van der Waals surface area contributed by atoms with Gasteiger partial charge in [0.1, 0.15) is 5.15 Å². The van der Waals surface area contributed by atoms with Crippen LogP contribution in [-0.2, 0) is 5.75 Å². The molecule has 0 aliphatic heterocycles. The highest BCUT2D eigenvalue weighted by atomic mass is 35.5. The second-order valence-corrected chi connectivity index (χ2v) is 2.90. The number of halogens is 3. The highest BCUT2D eigenvalue weighted by molar-refractivity contribution is 7.79. The van der Waals surface area contributed by atoms with E-state index in [0.29, 0.717) is 11.3 Å². The average Bonchev–Trinajstić information content (AvgIpc) is 1.97. The third-order valence-electron chi connectivity index (χ3n) is 1.13. The molecule has 1 heterocycles. The maximum absolute atomic E-state index is 12.7. The Balaban J connectivity index is 3.21. The Hall–Kier alpha value is 0.01000. The van der Waals surface area contributed by atoms with Crippen molar-refractivity contribution in [2.24, 2.45) is 0 Å². The first-order chi connectivity index (χ1) is 5.15. The van der Waals surface area contributed by atoms with E-state index in [0.717, 1.165) is 0 Å². The van der Waals surface area contributed by atoms with Gasteiger partial charge in [0.05, 0.1) is 0 Å². The number of hydrogen-bond acceptors (Lipinski definition) is 2. The summed E-state index contributed by atoms with van der Waals surface area (Å²) >= 11 is 14.9. The van der Waals surface area contributed by atoms with Gasteiger partial charge in [-0.25, -0.2) is 9.37 Å². The lowest BCUT2D eigenvalue weighted by Gasteiger charge is -1.99. The van der Waals surface area contributed by atoms with Crippen LogP contribution in [0.2, 0.25) is 10.3 Å². The van der Waals surface area contributed by atoms with Gasteiger partial charge in [-0.2, -0.15) is 12.6 Å². The summed E-state index contributed by atoms with van der Waals surface area (Å²) in [6.07, 6.45) is 0. The molecule has 1 aromatic heterocycles. The molecule has 0 aliphatic rings. The standard InChI is InChI=1S/C6H4Cl2FNS/c7-5-3(2-11)1-4(9)6(8)10-5/h1,11H,2H2. The van der Waals surface area contributed by atoms with Gasteiger partial charge in [0.25, 0.3) is 0 Å². The van der Waals surface area contributed by atoms with Gasteiger partial charge in [0.15, 0.2) is 11.0 Å². The second-order valence-electron chi connectivity index (χ2n) is 1.87. The lowest BCUT2D eigenvalue weighted by atomic mass is 10.3. The molecule has 0 unspecified atom stereocenters. The largest absolute Gasteiger partial charge is 0.221 e. The van der Waals surface area contributed by atoms with Crippen LogP contribution in [-0.4, -0.2) is 4.98 Å². The summed E-state index contributed by atoms with van der Waals surface area (Å²) in [4.78, 5) is 3.55. The van der Waals surface area contributed by atoms with Crippen LogP contribution < -0.4 is 0 Å². The van der Waals surface area contributed by atoms with Gasteiger partial charge >= 0.3 is 0 Å². The topological polar surface area (TPSA) is 12.9 Å². The molecule has 0 N–H and O–H groups in total. The van der Waals surface area contributed by atoms with Gasteiger partial charge in [-0.05, 0) is 6.07 Å². The minimum Gasteiger partial charge on any atom is -0.221 e. The number of nitrogens with zero attached hydrogens (tertiary/aromatic N) is 1. The van der Waals surface area contributed by atoms with E-state index in [-0.39, 0.29) is 10.3 Å². The van der Waals surface area contributed by atoms with Crippen LogP contribution in [0.4, 0.5) is 4.39 Å². The zero-order valence-electron chi connectivity index (χ0n) is 5.31. The summed E-state index contributed by atoms with van der Waals surface area (Å²) in [6, 6.07) is 1.23. The summed E-state index contributed by atoms with van der Waals surface area (Å²) in [5, 5.41) is -0.00747. The van der Waals surface area contributed by atoms with Crippen molar-refractivity contribution in [1.82, 2.24) is 4.98 Å². The van der Waals surface area contributed by atoms with E-state index in [1.807, 2.05) is 0 Å². The first-order valence-electron chi connectivity index (χ1n) is 2.76. The molecule has 0 spiro atoms. The van der Waals surface area contributed by atoms with Gasteiger partial charge in [-0.3, -0.25) is 0 Å². The molecule has 0 saturated heterocycles. The molecule has 0 saturated carbocycles. The van der Waals surface area contributed by atoms with Crippen molar-refractivity contribution < 1.29 is 4.39 Å². The number of aromatic nitrogens is 1. The van der Waals surface area contributed by atoms with Crippen LogP contribution in [0.15, 0.2) is 6.07 Å². The summed E-state index contributed by atoms with van der Waals surface area (Å²) in [7, 11) is 0. The zero-order valence-corrected chi connectivity index (χ0v) is 7.72. The lowest BCUT2D eigenvalue weighted by molar-refractivity contribution is 0.620. The summed E-state index contributed by atoms with van der Waals surface area (Å²) in [5.74, 6) is -0.222. The van der Waals surface area contributed by atoms with Crippen molar-refractivity contribution in [2.45, 2.75) is 5.75 Å². The SMILES string of the molecule is Fc1cc(CS)c(Cl)nc1Cl. The molecule has 1 rings (SSSR count). The predicted octanol–water partition coefficient (Wildman–Crippen LogP) is 2.96. The molecule has 11 heavy (non-hydrogen) atoms. The van der Waals surface area contributed by atoms with Crippen molar-refractivity contribution in [3.8, 4) is 0 Å². The van der Waals surface area contributed by atoms with E-state index in [2.05, 4.69) is 17.6 Å². The first-order valence-corrected chi connectivity index (χ1v) is 4.15. The molecular formula is C6H4Cl2FNS. The normalized spacial score (nSPS) is 10.2. The number of thiol groups is 1. The van der Waals surface area contributed by atoms with Crippen LogP contribution in [0.25, 0.3) is 0 Å². The van der Waals surface area contributed by atoms with Crippen LogP contribution in [0.5, 0.6) is 0 Å². The first kappa shape index (κ1) is 9.10. The third kappa shape index (κ3) is 1.98. The molecule has 5 heteroatoms. The van der Waals surface area contributed by atoms with Crippen molar-refractivity contribution in [1.29, 1.82) is 0 Å². The quantitative estimate of drug-likeness (QED) is 0.557. The van der Waals surface area contributed by atoms with Crippen molar-refractivity contribution >= 4 is 35.8 Å². The lowest BCUT2D eigenvalue weighted by Crippen LogP contribution is -1.89. The molecular weight excluding hydrogens is 208 g/mol. The van der Waals surface area contributed by atoms with Gasteiger partial charge < -0.3 is 0 Å². The number of pyridine rings is 1. The minimum absolute atomic E-state index is 0.200. The fourth-order valence-corrected chi connectivity index (χ4v) is 1.32. The molecule has 0 radical (unpaired) electrons. The predicted molar refractivity (Wildman–Crippen MR) is 46.9 cm³/mol. The van der Waals surface area contributed by atoms with Crippen LogP contribution in [0, 0.1) is 5.82 Å². The maximum Gasteiger partial charge on any atom is 0.166 e. The second kappa shape index (κ2) is 3.61. The highest BCUT2D eigenvalue weighted by Gasteiger charge is 2.06. The molecule has 0 bridgehead atoms. The van der Waals surface area contributed by atoms with Gasteiger partial charge in [-0.1, -0.05) is 23.2 Å². The summed E-state index contributed by atoms with van der Waals surface area (Å²) in [5.41, 5.74) is 0.539. The zero-order chi connectivity index (χ0) is 8.43. The third-order valence-corrected chi connectivity index (χ3v) is 2.06. The molecule has 0 aromatic carbocycles. The van der Waals surface area contributed by atoms with Crippen molar-refractivity contribution in [3.63, 3.8) is 0 Å². The Morgan fingerprint density at radius 2 is 2.09 bits per heavy atom. The summed E-state index contributed by atoms with van der Waals surface area (Å²) in [6.45, 7) is 0. The summed E-state index contributed by atoms with van der Waals surface area (Å²) < 4.78 is 12.7. The molecule has 0 amide bonds. The van der Waals surface area contributed by atoms with Crippen molar-refractivity contribution in [3.05, 3.63) is 27.8 Å². The average molecular weight is 212 g/mol. The fourth-order valence-electron chi connectivity index (χ4n) is 0.594. The fraction of sp³-hybridized carbons (Fsp3) is 0.167. The Kier molecular flexibility index (Phi) is 2.98. The van der Waals surface area contributed by atoms with E-state index >= 15 is 0 Å². The highest BCUT2D eigenvalue weighted by Crippen LogP contribution is 2.21. The smallest absolute Gasteiger partial charge is 0.166 e.